The van der Waals surface area contributed by atoms with E-state index >= 15 is 0 Å². The first kappa shape index (κ1) is 14.4. The Morgan fingerprint density at radius 3 is 2.40 bits per heavy atom. The maximum atomic E-state index is 11.7. The number of amides is 1. The van der Waals surface area contributed by atoms with Crippen molar-refractivity contribution in [1.29, 1.82) is 0 Å². The average molecular weight is 216 g/mol. The van der Waals surface area contributed by atoms with E-state index in [1.807, 2.05) is 27.7 Å². The molecule has 4 N–H and O–H groups in total. The number of aliphatic hydroxyl groups is 1. The minimum absolute atomic E-state index is 0.0676. The molecule has 0 saturated carbocycles. The monoisotopic (exact) mass is 216 g/mol. The van der Waals surface area contributed by atoms with Crippen LogP contribution in [0.15, 0.2) is 0 Å². The first-order chi connectivity index (χ1) is 6.79. The van der Waals surface area contributed by atoms with Crippen molar-refractivity contribution in [3.8, 4) is 0 Å². The highest BCUT2D eigenvalue weighted by Crippen LogP contribution is 2.17. The first-order valence-electron chi connectivity index (χ1n) is 5.46. The lowest BCUT2D eigenvalue weighted by Crippen LogP contribution is -2.50. The fourth-order valence-electron chi connectivity index (χ4n) is 1.20. The van der Waals surface area contributed by atoms with E-state index in [1.165, 1.54) is 0 Å². The lowest BCUT2D eigenvalue weighted by molar-refractivity contribution is -0.125. The second-order valence-corrected chi connectivity index (χ2v) is 5.12. The highest BCUT2D eigenvalue weighted by Gasteiger charge is 2.27. The summed E-state index contributed by atoms with van der Waals surface area (Å²) in [5.74, 6) is -0.118. The van der Waals surface area contributed by atoms with Gasteiger partial charge in [0.15, 0.2) is 0 Å². The van der Waals surface area contributed by atoms with Crippen LogP contribution in [0, 0.1) is 5.41 Å². The zero-order chi connectivity index (χ0) is 12.1. The van der Waals surface area contributed by atoms with Crippen molar-refractivity contribution in [1.82, 2.24) is 5.32 Å². The van der Waals surface area contributed by atoms with E-state index in [2.05, 4.69) is 5.32 Å². The van der Waals surface area contributed by atoms with E-state index in [1.54, 1.807) is 0 Å². The fraction of sp³-hybridized carbons (Fsp3) is 0.909. The van der Waals surface area contributed by atoms with Gasteiger partial charge in [0.2, 0.25) is 5.91 Å². The molecule has 90 valence electrons. The predicted molar refractivity (Wildman–Crippen MR) is 61.4 cm³/mol. The van der Waals surface area contributed by atoms with Gasteiger partial charge in [0, 0.05) is 12.6 Å². The molecule has 0 saturated heterocycles. The number of hydrogen-bond donors (Lipinski definition) is 3. The standard InChI is InChI=1S/C11H24N2O2/c1-8(6-5-7-14)13-10(15)9(12)11(2,3)4/h8-9,14H,5-7,12H2,1-4H3,(H,13,15)/t8?,9-/m0/s1. The van der Waals surface area contributed by atoms with Crippen LogP contribution < -0.4 is 11.1 Å². The Kier molecular flexibility index (Phi) is 5.83. The SMILES string of the molecule is CC(CCCO)NC(=O)[C@H](N)C(C)(C)C. The molecule has 0 rings (SSSR count). The van der Waals surface area contributed by atoms with Crippen molar-refractivity contribution >= 4 is 5.91 Å². The zero-order valence-corrected chi connectivity index (χ0v) is 10.2. The van der Waals surface area contributed by atoms with E-state index in [-0.39, 0.29) is 24.0 Å². The highest BCUT2D eigenvalue weighted by molar-refractivity contribution is 5.82. The molecule has 4 heteroatoms. The summed E-state index contributed by atoms with van der Waals surface area (Å²) in [6.07, 6.45) is 1.48. The minimum Gasteiger partial charge on any atom is -0.396 e. The molecule has 0 aromatic carbocycles. The van der Waals surface area contributed by atoms with E-state index in [0.29, 0.717) is 6.42 Å². The van der Waals surface area contributed by atoms with Crippen LogP contribution in [0.1, 0.15) is 40.5 Å². The van der Waals surface area contributed by atoms with Gasteiger partial charge in [-0.25, -0.2) is 0 Å². The van der Waals surface area contributed by atoms with Crippen molar-refractivity contribution in [3.05, 3.63) is 0 Å². The van der Waals surface area contributed by atoms with Gasteiger partial charge in [-0.1, -0.05) is 20.8 Å². The molecule has 0 fully saturated rings. The predicted octanol–water partition coefficient (Wildman–Crippen LogP) is 0.637. The van der Waals surface area contributed by atoms with Gasteiger partial charge >= 0.3 is 0 Å². The largest absolute Gasteiger partial charge is 0.396 e. The Bertz CT molecular complexity index is 199. The molecular formula is C11H24N2O2. The quantitative estimate of drug-likeness (QED) is 0.631. The van der Waals surface area contributed by atoms with E-state index in [4.69, 9.17) is 10.8 Å². The van der Waals surface area contributed by atoms with Gasteiger partial charge < -0.3 is 16.2 Å². The van der Waals surface area contributed by atoms with Crippen LogP contribution in [0.4, 0.5) is 0 Å². The lowest BCUT2D eigenvalue weighted by Gasteiger charge is -2.27. The Hall–Kier alpha value is -0.610. The Balaban J connectivity index is 4.02. The van der Waals surface area contributed by atoms with Gasteiger partial charge in [-0.05, 0) is 25.2 Å². The Morgan fingerprint density at radius 2 is 2.00 bits per heavy atom. The molecule has 4 nitrogen and oxygen atoms in total. The molecule has 2 atom stereocenters. The molecule has 0 heterocycles. The second kappa shape index (κ2) is 6.08. The van der Waals surface area contributed by atoms with Gasteiger partial charge in [-0.15, -0.1) is 0 Å². The fourth-order valence-corrected chi connectivity index (χ4v) is 1.20. The van der Waals surface area contributed by atoms with Gasteiger partial charge in [-0.3, -0.25) is 4.79 Å². The van der Waals surface area contributed by atoms with Gasteiger partial charge in [-0.2, -0.15) is 0 Å². The smallest absolute Gasteiger partial charge is 0.237 e. The summed E-state index contributed by atoms with van der Waals surface area (Å²) in [6.45, 7) is 7.90. The summed E-state index contributed by atoms with van der Waals surface area (Å²) in [5, 5.41) is 11.5. The molecule has 0 aliphatic rings. The third-order valence-electron chi connectivity index (χ3n) is 2.40. The molecule has 1 amide bonds. The van der Waals surface area contributed by atoms with Crippen LogP contribution in [-0.4, -0.2) is 29.7 Å². The Labute approximate surface area is 92.2 Å². The maximum absolute atomic E-state index is 11.7. The van der Waals surface area contributed by atoms with Crippen molar-refractivity contribution in [2.45, 2.75) is 52.6 Å². The lowest BCUT2D eigenvalue weighted by atomic mass is 9.87. The van der Waals surface area contributed by atoms with E-state index < -0.39 is 6.04 Å². The van der Waals surface area contributed by atoms with Crippen LogP contribution in [0.5, 0.6) is 0 Å². The maximum Gasteiger partial charge on any atom is 0.237 e. The zero-order valence-electron chi connectivity index (χ0n) is 10.2. The third-order valence-corrected chi connectivity index (χ3v) is 2.40. The van der Waals surface area contributed by atoms with Crippen molar-refractivity contribution in [2.75, 3.05) is 6.61 Å². The van der Waals surface area contributed by atoms with Crippen LogP contribution in [0.2, 0.25) is 0 Å². The molecule has 0 bridgehead atoms. The molecule has 1 unspecified atom stereocenters. The Morgan fingerprint density at radius 1 is 1.47 bits per heavy atom. The number of aliphatic hydroxyl groups excluding tert-OH is 1. The van der Waals surface area contributed by atoms with Crippen LogP contribution in [-0.2, 0) is 4.79 Å². The molecule has 0 spiro atoms. The molecule has 0 aromatic heterocycles. The number of carbonyl (C=O) groups excluding carboxylic acids is 1. The summed E-state index contributed by atoms with van der Waals surface area (Å²) < 4.78 is 0. The number of rotatable bonds is 5. The summed E-state index contributed by atoms with van der Waals surface area (Å²) in [5.41, 5.74) is 5.59. The van der Waals surface area contributed by atoms with Crippen molar-refractivity contribution in [2.24, 2.45) is 11.1 Å². The van der Waals surface area contributed by atoms with Crippen LogP contribution in [0.3, 0.4) is 0 Å². The van der Waals surface area contributed by atoms with Gasteiger partial charge in [0.1, 0.15) is 0 Å². The number of hydrogen-bond acceptors (Lipinski definition) is 3. The molecule has 15 heavy (non-hydrogen) atoms. The third kappa shape index (κ3) is 5.74. The average Bonchev–Trinajstić information content (AvgIpc) is 2.11. The summed E-state index contributed by atoms with van der Waals surface area (Å²) in [7, 11) is 0. The van der Waals surface area contributed by atoms with Crippen LogP contribution >= 0.6 is 0 Å². The van der Waals surface area contributed by atoms with Gasteiger partial charge in [0.05, 0.1) is 6.04 Å². The van der Waals surface area contributed by atoms with E-state index in [9.17, 15) is 4.79 Å². The molecular weight excluding hydrogens is 192 g/mol. The molecule has 0 aliphatic carbocycles. The number of nitrogens with two attached hydrogens (primary N) is 1. The minimum atomic E-state index is -0.492. The number of carbonyl (C=O) groups is 1. The summed E-state index contributed by atoms with van der Waals surface area (Å²) in [6, 6.07) is -0.424. The normalized spacial score (nSPS) is 15.9. The van der Waals surface area contributed by atoms with Crippen LogP contribution in [0.25, 0.3) is 0 Å². The highest BCUT2D eigenvalue weighted by atomic mass is 16.2. The molecule has 0 aliphatic heterocycles. The second-order valence-electron chi connectivity index (χ2n) is 5.12. The van der Waals surface area contributed by atoms with E-state index in [0.717, 1.165) is 6.42 Å². The topological polar surface area (TPSA) is 75.3 Å². The van der Waals surface area contributed by atoms with Crippen molar-refractivity contribution in [3.63, 3.8) is 0 Å². The van der Waals surface area contributed by atoms with Gasteiger partial charge in [0.25, 0.3) is 0 Å². The summed E-state index contributed by atoms with van der Waals surface area (Å²) in [4.78, 5) is 11.7. The molecule has 0 radical (unpaired) electrons. The number of nitrogens with one attached hydrogen (secondary N) is 1. The molecule has 0 aromatic rings. The van der Waals surface area contributed by atoms with Crippen molar-refractivity contribution < 1.29 is 9.90 Å². The summed E-state index contributed by atoms with van der Waals surface area (Å²) >= 11 is 0. The first-order valence-corrected chi connectivity index (χ1v) is 5.46.